The molecular weight excluding hydrogens is 352 g/mol. The minimum absolute atomic E-state index is 0.00576. The van der Waals surface area contributed by atoms with Crippen molar-refractivity contribution >= 4 is 5.69 Å². The lowest BCUT2D eigenvalue weighted by molar-refractivity contribution is -0.384. The van der Waals surface area contributed by atoms with E-state index < -0.39 is 11.5 Å². The van der Waals surface area contributed by atoms with Crippen LogP contribution in [-0.2, 0) is 6.61 Å². The Bertz CT molecular complexity index is 901. The summed E-state index contributed by atoms with van der Waals surface area (Å²) in [5.74, 6) is 0.611. The minimum atomic E-state index is -2.91. The molecule has 0 unspecified atom stereocenters. The van der Waals surface area contributed by atoms with Crippen molar-refractivity contribution in [3.8, 4) is 17.2 Å². The number of nitro benzene ring substituents is 1. The van der Waals surface area contributed by atoms with Gasteiger partial charge in [-0.25, -0.2) is 0 Å². The van der Waals surface area contributed by atoms with Crippen LogP contribution in [0.2, 0.25) is 0 Å². The van der Waals surface area contributed by atoms with E-state index in [1.807, 2.05) is 0 Å². The summed E-state index contributed by atoms with van der Waals surface area (Å²) in [7, 11) is 0. The van der Waals surface area contributed by atoms with E-state index in [-0.39, 0.29) is 23.8 Å². The smallest absolute Gasteiger partial charge is 0.387 e. The summed E-state index contributed by atoms with van der Waals surface area (Å²) in [5, 5.41) is 22.0. The molecule has 1 aromatic heterocycles. The molecule has 2 aromatic carbocycles. The van der Waals surface area contributed by atoms with Gasteiger partial charge in [-0.2, -0.15) is 13.5 Å². The van der Waals surface area contributed by atoms with Crippen LogP contribution in [0.5, 0.6) is 11.5 Å². The SMILES string of the molecule is O=[N+]([O-])c1cccc(OCc2nnnn2-c2ccc(OC(F)F)cc2)c1. The summed E-state index contributed by atoms with van der Waals surface area (Å²) < 4.78 is 35.5. The highest BCUT2D eigenvalue weighted by atomic mass is 19.3. The number of non-ortho nitro benzene ring substituents is 1. The molecule has 3 rings (SSSR count). The maximum atomic E-state index is 12.2. The molecule has 3 aromatic rings. The van der Waals surface area contributed by atoms with Crippen LogP contribution in [0.15, 0.2) is 48.5 Å². The lowest BCUT2D eigenvalue weighted by atomic mass is 10.3. The van der Waals surface area contributed by atoms with Gasteiger partial charge in [0.05, 0.1) is 16.7 Å². The second-order valence-corrected chi connectivity index (χ2v) is 4.92. The predicted molar refractivity (Wildman–Crippen MR) is 83.2 cm³/mol. The molecule has 0 bridgehead atoms. The van der Waals surface area contributed by atoms with E-state index in [0.29, 0.717) is 11.5 Å². The maximum absolute atomic E-state index is 12.2. The first-order valence-electron chi connectivity index (χ1n) is 7.22. The molecule has 9 nitrogen and oxygen atoms in total. The van der Waals surface area contributed by atoms with Gasteiger partial charge in [0, 0.05) is 6.07 Å². The van der Waals surface area contributed by atoms with Gasteiger partial charge in [0.15, 0.2) is 5.82 Å². The molecule has 0 atom stereocenters. The number of nitrogens with zero attached hydrogens (tertiary/aromatic N) is 5. The molecule has 0 aliphatic heterocycles. The van der Waals surface area contributed by atoms with E-state index in [1.54, 1.807) is 6.07 Å². The molecule has 1 heterocycles. The normalized spacial score (nSPS) is 10.7. The van der Waals surface area contributed by atoms with Crippen molar-refractivity contribution in [2.45, 2.75) is 13.2 Å². The minimum Gasteiger partial charge on any atom is -0.485 e. The number of nitro groups is 1. The fourth-order valence-electron chi connectivity index (χ4n) is 2.10. The molecule has 0 amide bonds. The van der Waals surface area contributed by atoms with Crippen molar-refractivity contribution in [3.63, 3.8) is 0 Å². The number of ether oxygens (including phenoxy) is 2. The molecular formula is C15H11F2N5O4. The molecule has 0 aliphatic carbocycles. The molecule has 0 N–H and O–H groups in total. The first-order chi connectivity index (χ1) is 12.5. The third kappa shape index (κ3) is 4.06. The molecule has 134 valence electrons. The van der Waals surface area contributed by atoms with Crippen molar-refractivity contribution in [2.75, 3.05) is 0 Å². The van der Waals surface area contributed by atoms with Crippen LogP contribution >= 0.6 is 0 Å². The van der Waals surface area contributed by atoms with Gasteiger partial charge in [-0.05, 0) is 40.8 Å². The van der Waals surface area contributed by atoms with Gasteiger partial charge in [0.1, 0.15) is 18.1 Å². The Morgan fingerprint density at radius 3 is 2.62 bits per heavy atom. The fourth-order valence-corrected chi connectivity index (χ4v) is 2.10. The largest absolute Gasteiger partial charge is 0.485 e. The Balaban J connectivity index is 1.72. The van der Waals surface area contributed by atoms with Gasteiger partial charge in [0.2, 0.25) is 0 Å². The van der Waals surface area contributed by atoms with E-state index in [1.165, 1.54) is 47.1 Å². The second kappa shape index (κ2) is 7.51. The van der Waals surface area contributed by atoms with Crippen molar-refractivity contribution in [1.82, 2.24) is 20.2 Å². The summed E-state index contributed by atoms with van der Waals surface area (Å²) in [6.45, 7) is -2.96. The van der Waals surface area contributed by atoms with Crippen LogP contribution in [0.25, 0.3) is 5.69 Å². The first kappa shape index (κ1) is 17.2. The van der Waals surface area contributed by atoms with E-state index in [2.05, 4.69) is 20.3 Å². The molecule has 0 saturated heterocycles. The highest BCUT2D eigenvalue weighted by Crippen LogP contribution is 2.21. The summed E-state index contributed by atoms with van der Waals surface area (Å²) in [6.07, 6.45) is 0. The number of halogens is 2. The van der Waals surface area contributed by atoms with E-state index in [9.17, 15) is 18.9 Å². The number of tetrazole rings is 1. The lowest BCUT2D eigenvalue weighted by Crippen LogP contribution is -2.07. The van der Waals surface area contributed by atoms with E-state index in [4.69, 9.17) is 4.74 Å². The summed E-state index contributed by atoms with van der Waals surface area (Å²) >= 11 is 0. The zero-order valence-corrected chi connectivity index (χ0v) is 13.0. The van der Waals surface area contributed by atoms with Crippen molar-refractivity contribution < 1.29 is 23.2 Å². The number of hydrogen-bond acceptors (Lipinski definition) is 7. The first-order valence-corrected chi connectivity index (χ1v) is 7.22. The van der Waals surface area contributed by atoms with Gasteiger partial charge >= 0.3 is 6.61 Å². The quantitative estimate of drug-likeness (QED) is 0.469. The van der Waals surface area contributed by atoms with Crippen LogP contribution in [0.3, 0.4) is 0 Å². The number of aromatic nitrogens is 4. The molecule has 0 aliphatic rings. The molecule has 0 spiro atoms. The number of alkyl halides is 2. The molecule has 26 heavy (non-hydrogen) atoms. The standard InChI is InChI=1S/C15H11F2N5O4/c16-15(17)26-12-6-4-10(5-7-12)21-14(18-19-20-21)9-25-13-3-1-2-11(8-13)22(23)24/h1-8,15H,9H2. The second-order valence-electron chi connectivity index (χ2n) is 4.92. The lowest BCUT2D eigenvalue weighted by Gasteiger charge is -2.08. The fraction of sp³-hybridized carbons (Fsp3) is 0.133. The Kier molecular flexibility index (Phi) is 4.97. The summed E-state index contributed by atoms with van der Waals surface area (Å²) in [6, 6.07) is 11.4. The Morgan fingerprint density at radius 1 is 1.15 bits per heavy atom. The van der Waals surface area contributed by atoms with Crippen molar-refractivity contribution in [2.24, 2.45) is 0 Å². The maximum Gasteiger partial charge on any atom is 0.387 e. The van der Waals surface area contributed by atoms with Crippen LogP contribution in [0.4, 0.5) is 14.5 Å². The van der Waals surface area contributed by atoms with Gasteiger partial charge in [-0.1, -0.05) is 6.07 Å². The Morgan fingerprint density at radius 2 is 1.92 bits per heavy atom. The Labute approximate surface area is 144 Å². The highest BCUT2D eigenvalue weighted by Gasteiger charge is 2.12. The average molecular weight is 363 g/mol. The molecule has 0 fully saturated rings. The average Bonchev–Trinajstić information content (AvgIpc) is 3.09. The zero-order chi connectivity index (χ0) is 18.5. The van der Waals surface area contributed by atoms with E-state index in [0.717, 1.165) is 0 Å². The van der Waals surface area contributed by atoms with Crippen molar-refractivity contribution in [3.05, 3.63) is 64.5 Å². The van der Waals surface area contributed by atoms with Gasteiger partial charge in [0.25, 0.3) is 5.69 Å². The number of rotatable bonds is 7. The van der Waals surface area contributed by atoms with Crippen LogP contribution in [0.1, 0.15) is 5.82 Å². The Hall–Kier alpha value is -3.63. The van der Waals surface area contributed by atoms with Crippen molar-refractivity contribution in [1.29, 1.82) is 0 Å². The molecule has 0 saturated carbocycles. The number of benzene rings is 2. The third-order valence-electron chi connectivity index (χ3n) is 3.24. The van der Waals surface area contributed by atoms with Gasteiger partial charge in [-0.15, -0.1) is 5.10 Å². The molecule has 11 heteroatoms. The summed E-state index contributed by atoms with van der Waals surface area (Å²) in [5.41, 5.74) is 0.408. The predicted octanol–water partition coefficient (Wildman–Crippen LogP) is 2.75. The van der Waals surface area contributed by atoms with Crippen LogP contribution in [-0.4, -0.2) is 31.7 Å². The number of hydrogen-bond donors (Lipinski definition) is 0. The highest BCUT2D eigenvalue weighted by molar-refractivity contribution is 5.38. The zero-order valence-electron chi connectivity index (χ0n) is 13.0. The van der Waals surface area contributed by atoms with Crippen LogP contribution in [0, 0.1) is 10.1 Å². The van der Waals surface area contributed by atoms with Crippen LogP contribution < -0.4 is 9.47 Å². The monoisotopic (exact) mass is 363 g/mol. The summed E-state index contributed by atoms with van der Waals surface area (Å²) in [4.78, 5) is 10.2. The third-order valence-corrected chi connectivity index (χ3v) is 3.24. The topological polar surface area (TPSA) is 105 Å². The van der Waals surface area contributed by atoms with E-state index >= 15 is 0 Å². The molecule has 0 radical (unpaired) electrons. The van der Waals surface area contributed by atoms with Gasteiger partial charge in [-0.3, -0.25) is 10.1 Å². The van der Waals surface area contributed by atoms with Gasteiger partial charge < -0.3 is 9.47 Å².